The first kappa shape index (κ1) is 20.6. The second-order valence-corrected chi connectivity index (χ2v) is 7.01. The third kappa shape index (κ3) is 5.88. The summed E-state index contributed by atoms with van der Waals surface area (Å²) in [6, 6.07) is 8.44. The summed E-state index contributed by atoms with van der Waals surface area (Å²) in [5, 5.41) is 12.4. The number of ether oxygens (including phenoxy) is 1. The molecule has 2 aromatic rings. The Balaban J connectivity index is 1.87. The number of aromatic amines is 1. The van der Waals surface area contributed by atoms with Gasteiger partial charge in [0, 0.05) is 6.07 Å². The number of halogens is 1. The van der Waals surface area contributed by atoms with Crippen LogP contribution in [0.2, 0.25) is 5.02 Å². The zero-order chi connectivity index (χ0) is 20.0. The second kappa shape index (κ2) is 9.26. The zero-order valence-corrected chi connectivity index (χ0v) is 16.2. The summed E-state index contributed by atoms with van der Waals surface area (Å²) in [4.78, 5) is 37.7. The third-order valence-corrected chi connectivity index (χ3v) is 4.70. The first-order chi connectivity index (χ1) is 12.8. The molecule has 0 fully saturated rings. The fraction of sp³-hybridized carbons (Fsp3) is 0.222. The van der Waals surface area contributed by atoms with E-state index < -0.39 is 18.5 Å². The highest BCUT2D eigenvalue weighted by Gasteiger charge is 2.13. The first-order valence-corrected chi connectivity index (χ1v) is 9.15. The lowest BCUT2D eigenvalue weighted by Gasteiger charge is -2.09. The minimum Gasteiger partial charge on any atom is -0.455 e. The van der Waals surface area contributed by atoms with Crippen molar-refractivity contribution in [1.29, 1.82) is 5.26 Å². The Morgan fingerprint density at radius 1 is 1.33 bits per heavy atom. The van der Waals surface area contributed by atoms with Gasteiger partial charge >= 0.3 is 5.97 Å². The Kier molecular flexibility index (Phi) is 7.05. The number of carbonyl (C=O) groups excluding carboxylic acids is 2. The normalized spacial score (nSPS) is 10.1. The van der Waals surface area contributed by atoms with Crippen LogP contribution in [0.4, 0.5) is 5.69 Å². The topological polar surface area (TPSA) is 112 Å². The van der Waals surface area contributed by atoms with Crippen molar-refractivity contribution in [2.45, 2.75) is 18.9 Å². The zero-order valence-electron chi connectivity index (χ0n) is 14.6. The molecule has 0 atom stereocenters. The Morgan fingerprint density at radius 2 is 2.07 bits per heavy atom. The fourth-order valence-electron chi connectivity index (χ4n) is 2.13. The molecule has 0 bridgehead atoms. The van der Waals surface area contributed by atoms with Crippen LogP contribution in [-0.4, -0.2) is 29.2 Å². The number of aryl methyl sites for hydroxylation is 2. The summed E-state index contributed by atoms with van der Waals surface area (Å²) in [5.74, 6) is -1.34. The van der Waals surface area contributed by atoms with Gasteiger partial charge in [-0.3, -0.25) is 14.4 Å². The molecule has 0 saturated heterocycles. The quantitative estimate of drug-likeness (QED) is 0.564. The minimum atomic E-state index is -0.656. The standard InChI is InChI=1S/C18H16ClN3O4S/c1-10-3-4-14(13(19)5-10)21-16(24)8-26-17(25)9-27-18-12(7-20)11(2)6-15(23)22-18/h3-6H,8-9H2,1-2H3,(H,21,24)(H,22,23). The van der Waals surface area contributed by atoms with Crippen LogP contribution in [0.3, 0.4) is 0 Å². The van der Waals surface area contributed by atoms with Crippen LogP contribution >= 0.6 is 23.4 Å². The lowest BCUT2D eigenvalue weighted by Crippen LogP contribution is -2.22. The van der Waals surface area contributed by atoms with Crippen LogP contribution in [0, 0.1) is 25.2 Å². The van der Waals surface area contributed by atoms with Gasteiger partial charge in [-0.25, -0.2) is 0 Å². The smallest absolute Gasteiger partial charge is 0.316 e. The number of amides is 1. The molecule has 0 aliphatic rings. The molecule has 1 amide bonds. The minimum absolute atomic E-state index is 0.160. The van der Waals surface area contributed by atoms with Crippen molar-refractivity contribution in [1.82, 2.24) is 4.98 Å². The molecule has 0 aliphatic carbocycles. The molecule has 140 valence electrons. The SMILES string of the molecule is Cc1ccc(NC(=O)COC(=O)CSc2[nH]c(=O)cc(C)c2C#N)c(Cl)c1. The summed E-state index contributed by atoms with van der Waals surface area (Å²) < 4.78 is 4.91. The van der Waals surface area contributed by atoms with Gasteiger partial charge in [-0.05, 0) is 37.1 Å². The number of anilines is 1. The average molecular weight is 406 g/mol. The van der Waals surface area contributed by atoms with Crippen LogP contribution in [-0.2, 0) is 14.3 Å². The van der Waals surface area contributed by atoms with Gasteiger partial charge in [-0.1, -0.05) is 29.4 Å². The number of pyridine rings is 1. The Hall–Kier alpha value is -2.76. The Morgan fingerprint density at radius 3 is 2.74 bits per heavy atom. The molecule has 1 aromatic carbocycles. The summed E-state index contributed by atoms with van der Waals surface area (Å²) >= 11 is 6.99. The van der Waals surface area contributed by atoms with Crippen molar-refractivity contribution in [3.05, 3.63) is 56.3 Å². The predicted octanol–water partition coefficient (Wildman–Crippen LogP) is 2.79. The number of carbonyl (C=O) groups is 2. The van der Waals surface area contributed by atoms with Crippen molar-refractivity contribution >= 4 is 40.9 Å². The molecule has 27 heavy (non-hydrogen) atoms. The molecular weight excluding hydrogens is 390 g/mol. The molecule has 0 aliphatic heterocycles. The van der Waals surface area contributed by atoms with Crippen LogP contribution < -0.4 is 10.9 Å². The average Bonchev–Trinajstić information content (AvgIpc) is 2.60. The molecule has 2 rings (SSSR count). The maximum absolute atomic E-state index is 11.9. The van der Waals surface area contributed by atoms with E-state index in [0.29, 0.717) is 21.8 Å². The number of nitriles is 1. The van der Waals surface area contributed by atoms with Gasteiger partial charge in [0.25, 0.3) is 5.91 Å². The predicted molar refractivity (Wildman–Crippen MR) is 103 cm³/mol. The molecule has 0 radical (unpaired) electrons. The monoisotopic (exact) mass is 405 g/mol. The van der Waals surface area contributed by atoms with E-state index in [1.54, 1.807) is 25.1 Å². The highest BCUT2D eigenvalue weighted by atomic mass is 35.5. The van der Waals surface area contributed by atoms with Crippen molar-refractivity contribution < 1.29 is 14.3 Å². The van der Waals surface area contributed by atoms with E-state index in [0.717, 1.165) is 17.3 Å². The molecule has 2 N–H and O–H groups in total. The maximum atomic E-state index is 11.9. The van der Waals surface area contributed by atoms with Crippen LogP contribution in [0.15, 0.2) is 34.1 Å². The maximum Gasteiger partial charge on any atom is 0.316 e. The third-order valence-electron chi connectivity index (χ3n) is 3.41. The second-order valence-electron chi connectivity index (χ2n) is 5.61. The van der Waals surface area contributed by atoms with E-state index in [9.17, 15) is 14.4 Å². The lowest BCUT2D eigenvalue weighted by atomic mass is 10.2. The number of aromatic nitrogens is 1. The number of thioether (sulfide) groups is 1. The first-order valence-electron chi connectivity index (χ1n) is 7.78. The Bertz CT molecular complexity index is 982. The number of esters is 1. The van der Waals surface area contributed by atoms with Crippen molar-refractivity contribution in [3.8, 4) is 6.07 Å². The van der Waals surface area contributed by atoms with E-state index in [4.69, 9.17) is 21.6 Å². The number of benzene rings is 1. The van der Waals surface area contributed by atoms with Gasteiger partial charge in [0.15, 0.2) is 6.61 Å². The van der Waals surface area contributed by atoms with E-state index >= 15 is 0 Å². The summed E-state index contributed by atoms with van der Waals surface area (Å²) in [5.41, 5.74) is 1.82. The summed E-state index contributed by atoms with van der Waals surface area (Å²) in [7, 11) is 0. The summed E-state index contributed by atoms with van der Waals surface area (Å²) in [6.07, 6.45) is 0. The molecule has 9 heteroatoms. The van der Waals surface area contributed by atoms with Crippen molar-refractivity contribution in [2.24, 2.45) is 0 Å². The van der Waals surface area contributed by atoms with Gasteiger partial charge in [-0.2, -0.15) is 5.26 Å². The molecule has 0 spiro atoms. The number of hydrogen-bond donors (Lipinski definition) is 2. The van der Waals surface area contributed by atoms with E-state index in [-0.39, 0.29) is 16.3 Å². The van der Waals surface area contributed by atoms with E-state index in [1.165, 1.54) is 6.07 Å². The molecule has 1 aromatic heterocycles. The number of nitrogens with one attached hydrogen (secondary N) is 2. The largest absolute Gasteiger partial charge is 0.455 e. The van der Waals surface area contributed by atoms with Crippen LogP contribution in [0.1, 0.15) is 16.7 Å². The molecule has 0 unspecified atom stereocenters. The van der Waals surface area contributed by atoms with Gasteiger partial charge in [0.05, 0.1) is 27.1 Å². The Labute approximate surface area is 164 Å². The van der Waals surface area contributed by atoms with Crippen LogP contribution in [0.25, 0.3) is 0 Å². The number of H-pyrrole nitrogens is 1. The molecular formula is C18H16ClN3O4S. The number of rotatable bonds is 6. The number of hydrogen-bond acceptors (Lipinski definition) is 6. The van der Waals surface area contributed by atoms with Gasteiger partial charge in [0.1, 0.15) is 6.07 Å². The van der Waals surface area contributed by atoms with Gasteiger partial charge in [-0.15, -0.1) is 0 Å². The highest BCUT2D eigenvalue weighted by molar-refractivity contribution is 7.99. The lowest BCUT2D eigenvalue weighted by molar-refractivity contribution is -0.144. The van der Waals surface area contributed by atoms with Crippen LogP contribution in [0.5, 0.6) is 0 Å². The molecule has 1 heterocycles. The highest BCUT2D eigenvalue weighted by Crippen LogP contribution is 2.23. The van der Waals surface area contributed by atoms with Gasteiger partial charge < -0.3 is 15.0 Å². The van der Waals surface area contributed by atoms with Crippen molar-refractivity contribution in [2.75, 3.05) is 17.7 Å². The van der Waals surface area contributed by atoms with Crippen molar-refractivity contribution in [3.63, 3.8) is 0 Å². The number of nitrogens with zero attached hydrogens (tertiary/aromatic N) is 1. The fourth-order valence-corrected chi connectivity index (χ4v) is 3.28. The van der Waals surface area contributed by atoms with E-state index in [2.05, 4.69) is 10.3 Å². The van der Waals surface area contributed by atoms with E-state index in [1.807, 2.05) is 13.0 Å². The molecule has 0 saturated carbocycles. The summed E-state index contributed by atoms with van der Waals surface area (Å²) in [6.45, 7) is 3.03. The molecule has 7 nitrogen and oxygen atoms in total. The van der Waals surface area contributed by atoms with Gasteiger partial charge in [0.2, 0.25) is 5.56 Å².